The first kappa shape index (κ1) is 15.0. The Labute approximate surface area is 106 Å². The average Bonchev–Trinajstić information content (AvgIpc) is 2.28. The Hall–Kier alpha value is -1.07. The van der Waals surface area contributed by atoms with Gasteiger partial charge in [0, 0.05) is 19.6 Å². The van der Waals surface area contributed by atoms with Gasteiger partial charge < -0.3 is 10.2 Å². The van der Waals surface area contributed by atoms with Gasteiger partial charge in [0.1, 0.15) is 0 Å². The van der Waals surface area contributed by atoms with Gasteiger partial charge in [0.25, 0.3) is 0 Å². The molecule has 18 heavy (non-hydrogen) atoms. The van der Waals surface area contributed by atoms with Crippen LogP contribution in [0, 0.1) is 0 Å². The normalized spacial score (nSPS) is 12.1. The lowest BCUT2D eigenvalue weighted by atomic mass is 10.1. The molecule has 0 bridgehead atoms. The molecule has 2 nitrogen and oxygen atoms in total. The standard InChI is InChI=1S/C13H19F3N2/c1-3-17-7-8-18(2)10-11-5-4-6-12(9-11)13(14,15)16/h4-6,9,17H,3,7-8,10H2,1-2H3. The van der Waals surface area contributed by atoms with Crippen molar-refractivity contribution in [1.29, 1.82) is 0 Å². The molecular weight excluding hydrogens is 241 g/mol. The summed E-state index contributed by atoms with van der Waals surface area (Å²) >= 11 is 0. The third-order valence-corrected chi connectivity index (χ3v) is 2.63. The summed E-state index contributed by atoms with van der Waals surface area (Å²) < 4.78 is 37.6. The van der Waals surface area contributed by atoms with Crippen LogP contribution in [0.3, 0.4) is 0 Å². The van der Waals surface area contributed by atoms with Gasteiger partial charge in [-0.3, -0.25) is 0 Å². The second kappa shape index (κ2) is 6.75. The highest BCUT2D eigenvalue weighted by molar-refractivity contribution is 5.25. The fraction of sp³-hybridized carbons (Fsp3) is 0.538. The van der Waals surface area contributed by atoms with E-state index in [4.69, 9.17) is 0 Å². The highest BCUT2D eigenvalue weighted by atomic mass is 19.4. The quantitative estimate of drug-likeness (QED) is 0.791. The summed E-state index contributed by atoms with van der Waals surface area (Å²) in [6.45, 7) is 5.09. The Balaban J connectivity index is 2.57. The fourth-order valence-electron chi connectivity index (χ4n) is 1.68. The Morgan fingerprint density at radius 2 is 2.00 bits per heavy atom. The van der Waals surface area contributed by atoms with E-state index in [2.05, 4.69) is 5.32 Å². The first-order chi connectivity index (χ1) is 8.43. The fourth-order valence-corrected chi connectivity index (χ4v) is 1.68. The van der Waals surface area contributed by atoms with Gasteiger partial charge >= 0.3 is 6.18 Å². The van der Waals surface area contributed by atoms with E-state index in [1.54, 1.807) is 6.07 Å². The maximum atomic E-state index is 12.5. The zero-order valence-corrected chi connectivity index (χ0v) is 10.7. The monoisotopic (exact) mass is 260 g/mol. The van der Waals surface area contributed by atoms with Crippen molar-refractivity contribution in [2.75, 3.05) is 26.7 Å². The van der Waals surface area contributed by atoms with Crippen LogP contribution in [0.2, 0.25) is 0 Å². The van der Waals surface area contributed by atoms with Crippen LogP contribution in [0.25, 0.3) is 0 Å². The lowest BCUT2D eigenvalue weighted by Crippen LogP contribution is -2.28. The second-order valence-electron chi connectivity index (χ2n) is 4.29. The number of likely N-dealkylation sites (N-methyl/N-ethyl adjacent to an activating group) is 2. The molecule has 5 heteroatoms. The number of hydrogen-bond donors (Lipinski definition) is 1. The molecule has 0 radical (unpaired) electrons. The van der Waals surface area contributed by atoms with Crippen molar-refractivity contribution in [2.24, 2.45) is 0 Å². The Morgan fingerprint density at radius 3 is 2.61 bits per heavy atom. The molecule has 102 valence electrons. The van der Waals surface area contributed by atoms with Gasteiger partial charge in [0.15, 0.2) is 0 Å². The summed E-state index contributed by atoms with van der Waals surface area (Å²) in [5.41, 5.74) is 0.101. The first-order valence-corrected chi connectivity index (χ1v) is 5.99. The van der Waals surface area contributed by atoms with Crippen molar-refractivity contribution in [3.8, 4) is 0 Å². The Morgan fingerprint density at radius 1 is 1.28 bits per heavy atom. The molecule has 0 spiro atoms. The lowest BCUT2D eigenvalue weighted by Gasteiger charge is -2.17. The summed E-state index contributed by atoms with van der Waals surface area (Å²) in [6.07, 6.45) is -4.27. The molecule has 1 aromatic rings. The van der Waals surface area contributed by atoms with Gasteiger partial charge in [0.05, 0.1) is 5.56 Å². The van der Waals surface area contributed by atoms with Crippen LogP contribution in [-0.4, -0.2) is 31.6 Å². The second-order valence-corrected chi connectivity index (χ2v) is 4.29. The highest BCUT2D eigenvalue weighted by Gasteiger charge is 2.30. The third kappa shape index (κ3) is 5.06. The Bertz CT molecular complexity index is 363. The maximum absolute atomic E-state index is 12.5. The molecule has 1 aromatic carbocycles. The average molecular weight is 260 g/mol. The molecule has 0 unspecified atom stereocenters. The molecule has 1 N–H and O–H groups in total. The Kier molecular flexibility index (Phi) is 5.62. The van der Waals surface area contributed by atoms with Gasteiger partial charge in [-0.1, -0.05) is 25.1 Å². The van der Waals surface area contributed by atoms with Gasteiger partial charge in [-0.05, 0) is 25.2 Å². The molecule has 0 saturated carbocycles. The van der Waals surface area contributed by atoms with Crippen LogP contribution >= 0.6 is 0 Å². The number of alkyl halides is 3. The van der Waals surface area contributed by atoms with Crippen LogP contribution in [0.15, 0.2) is 24.3 Å². The minimum absolute atomic E-state index is 0.523. The van der Waals surface area contributed by atoms with Crippen molar-refractivity contribution < 1.29 is 13.2 Å². The summed E-state index contributed by atoms with van der Waals surface area (Å²) in [5, 5.41) is 3.18. The number of hydrogen-bond acceptors (Lipinski definition) is 2. The van der Waals surface area contributed by atoms with E-state index < -0.39 is 11.7 Å². The van der Waals surface area contributed by atoms with Crippen LogP contribution in [-0.2, 0) is 12.7 Å². The number of halogens is 3. The van der Waals surface area contributed by atoms with Crippen molar-refractivity contribution >= 4 is 0 Å². The topological polar surface area (TPSA) is 15.3 Å². The zero-order chi connectivity index (χ0) is 13.6. The van der Waals surface area contributed by atoms with Gasteiger partial charge in [0.2, 0.25) is 0 Å². The van der Waals surface area contributed by atoms with Crippen LogP contribution in [0.4, 0.5) is 13.2 Å². The van der Waals surface area contributed by atoms with E-state index in [9.17, 15) is 13.2 Å². The molecule has 0 aliphatic heterocycles. The molecule has 1 rings (SSSR count). The van der Waals surface area contributed by atoms with Gasteiger partial charge in [-0.15, -0.1) is 0 Å². The maximum Gasteiger partial charge on any atom is 0.416 e. The van der Waals surface area contributed by atoms with Crippen LogP contribution in [0.5, 0.6) is 0 Å². The molecular formula is C13H19F3N2. The molecule has 0 aliphatic rings. The molecule has 0 saturated heterocycles. The van der Waals surface area contributed by atoms with Crippen molar-refractivity contribution in [3.05, 3.63) is 35.4 Å². The predicted octanol–water partition coefficient (Wildman–Crippen LogP) is 2.75. The zero-order valence-electron chi connectivity index (χ0n) is 10.7. The van der Waals surface area contributed by atoms with Crippen LogP contribution in [0.1, 0.15) is 18.1 Å². The van der Waals surface area contributed by atoms with Crippen LogP contribution < -0.4 is 5.32 Å². The van der Waals surface area contributed by atoms with Crippen molar-refractivity contribution in [3.63, 3.8) is 0 Å². The van der Waals surface area contributed by atoms with E-state index in [1.165, 1.54) is 12.1 Å². The molecule has 0 atom stereocenters. The summed E-state index contributed by atoms with van der Waals surface area (Å²) in [5.74, 6) is 0. The first-order valence-electron chi connectivity index (χ1n) is 5.99. The molecule has 0 fully saturated rings. The minimum atomic E-state index is -4.27. The SMILES string of the molecule is CCNCCN(C)Cc1cccc(C(F)(F)F)c1. The minimum Gasteiger partial charge on any atom is -0.316 e. The number of nitrogens with one attached hydrogen (secondary N) is 1. The van der Waals surface area contributed by atoms with E-state index >= 15 is 0 Å². The van der Waals surface area contributed by atoms with Crippen molar-refractivity contribution in [2.45, 2.75) is 19.6 Å². The third-order valence-electron chi connectivity index (χ3n) is 2.63. The van der Waals surface area contributed by atoms with E-state index in [0.29, 0.717) is 12.1 Å². The largest absolute Gasteiger partial charge is 0.416 e. The summed E-state index contributed by atoms with van der Waals surface area (Å²) in [4.78, 5) is 2.00. The highest BCUT2D eigenvalue weighted by Crippen LogP contribution is 2.29. The molecule has 0 aromatic heterocycles. The molecule has 0 aliphatic carbocycles. The predicted molar refractivity (Wildman–Crippen MR) is 66.3 cm³/mol. The number of nitrogens with zero attached hydrogens (tertiary/aromatic N) is 1. The van der Waals surface area contributed by atoms with E-state index in [0.717, 1.165) is 25.7 Å². The number of benzene rings is 1. The van der Waals surface area contributed by atoms with Gasteiger partial charge in [-0.25, -0.2) is 0 Å². The van der Waals surface area contributed by atoms with E-state index in [1.807, 2.05) is 18.9 Å². The summed E-state index contributed by atoms with van der Waals surface area (Å²) in [6, 6.07) is 5.49. The summed E-state index contributed by atoms with van der Waals surface area (Å²) in [7, 11) is 1.90. The smallest absolute Gasteiger partial charge is 0.316 e. The molecule has 0 heterocycles. The number of rotatable bonds is 6. The lowest BCUT2D eigenvalue weighted by molar-refractivity contribution is -0.137. The van der Waals surface area contributed by atoms with E-state index in [-0.39, 0.29) is 0 Å². The van der Waals surface area contributed by atoms with Gasteiger partial charge in [-0.2, -0.15) is 13.2 Å². The van der Waals surface area contributed by atoms with Crippen molar-refractivity contribution in [1.82, 2.24) is 10.2 Å². The molecule has 0 amide bonds.